The van der Waals surface area contributed by atoms with Crippen molar-refractivity contribution in [3.63, 3.8) is 0 Å². The van der Waals surface area contributed by atoms with Crippen LogP contribution < -0.4 is 5.73 Å². The van der Waals surface area contributed by atoms with Crippen LogP contribution in [-0.2, 0) is 10.3 Å². The number of carbonyl (C=O) groups excluding carboxylic acids is 1. The van der Waals surface area contributed by atoms with E-state index in [9.17, 15) is 13.6 Å². The number of ether oxygens (including phenoxy) is 1. The van der Waals surface area contributed by atoms with Gasteiger partial charge in [0, 0.05) is 0 Å². The van der Waals surface area contributed by atoms with Gasteiger partial charge in [0.15, 0.2) is 0 Å². The summed E-state index contributed by atoms with van der Waals surface area (Å²) < 4.78 is 30.0. The fourth-order valence-electron chi connectivity index (χ4n) is 1.46. The molecule has 0 radical (unpaired) electrons. The Kier molecular flexibility index (Phi) is 3.83. The normalized spacial score (nSPS) is 14.5. The lowest BCUT2D eigenvalue weighted by Crippen LogP contribution is -2.40. The topological polar surface area (TPSA) is 52.3 Å². The Morgan fingerprint density at radius 1 is 1.47 bits per heavy atom. The molecule has 0 saturated carbocycles. The maximum atomic E-state index is 12.7. The summed E-state index contributed by atoms with van der Waals surface area (Å²) in [5, 5.41) is 0. The number of esters is 1. The van der Waals surface area contributed by atoms with E-state index < -0.39 is 17.9 Å². The van der Waals surface area contributed by atoms with Gasteiger partial charge in [-0.1, -0.05) is 12.1 Å². The van der Waals surface area contributed by atoms with Crippen LogP contribution in [0.1, 0.15) is 28.4 Å². The molecule has 0 aliphatic heterocycles. The number of aryl methyl sites for hydroxylation is 1. The van der Waals surface area contributed by atoms with Crippen molar-refractivity contribution in [3.05, 3.63) is 34.9 Å². The van der Waals surface area contributed by atoms with Gasteiger partial charge in [-0.15, -0.1) is 0 Å². The fourth-order valence-corrected chi connectivity index (χ4v) is 1.46. The van der Waals surface area contributed by atoms with Gasteiger partial charge in [-0.05, 0) is 31.0 Å². The van der Waals surface area contributed by atoms with E-state index in [1.807, 2.05) is 0 Å². The molecular formula is C12H15F2NO2. The molecule has 1 unspecified atom stereocenters. The first kappa shape index (κ1) is 13.6. The van der Waals surface area contributed by atoms with Crippen LogP contribution in [0.2, 0.25) is 0 Å². The molecule has 0 aromatic heterocycles. The molecule has 17 heavy (non-hydrogen) atoms. The van der Waals surface area contributed by atoms with E-state index in [2.05, 4.69) is 4.74 Å². The zero-order valence-corrected chi connectivity index (χ0v) is 9.96. The molecule has 0 spiro atoms. The highest BCUT2D eigenvalue weighted by atomic mass is 19.3. The zero-order chi connectivity index (χ0) is 13.2. The van der Waals surface area contributed by atoms with Crippen molar-refractivity contribution < 1.29 is 18.3 Å². The molecular weight excluding hydrogens is 228 g/mol. The Balaban J connectivity index is 3.17. The van der Waals surface area contributed by atoms with Crippen LogP contribution in [0.3, 0.4) is 0 Å². The third kappa shape index (κ3) is 2.61. The number of hydrogen-bond donors (Lipinski definition) is 1. The summed E-state index contributed by atoms with van der Waals surface area (Å²) in [4.78, 5) is 11.3. The van der Waals surface area contributed by atoms with Crippen molar-refractivity contribution in [2.75, 3.05) is 7.11 Å². The van der Waals surface area contributed by atoms with Crippen LogP contribution in [0.25, 0.3) is 0 Å². The van der Waals surface area contributed by atoms with E-state index in [4.69, 9.17) is 5.73 Å². The molecule has 0 heterocycles. The average molecular weight is 243 g/mol. The van der Waals surface area contributed by atoms with Crippen LogP contribution in [0.15, 0.2) is 18.2 Å². The SMILES string of the molecule is COC(=O)c1ccc(C(C)(N)C(F)F)cc1C. The van der Waals surface area contributed by atoms with Crippen LogP contribution in [0.4, 0.5) is 8.78 Å². The number of nitrogens with two attached hydrogens (primary N) is 1. The average Bonchev–Trinajstić information content (AvgIpc) is 2.27. The molecule has 0 fully saturated rings. The molecule has 0 bridgehead atoms. The third-order valence-corrected chi connectivity index (χ3v) is 2.71. The number of carbonyl (C=O) groups is 1. The highest BCUT2D eigenvalue weighted by Gasteiger charge is 2.32. The molecule has 2 N–H and O–H groups in total. The van der Waals surface area contributed by atoms with Crippen molar-refractivity contribution in [2.24, 2.45) is 5.73 Å². The summed E-state index contributed by atoms with van der Waals surface area (Å²) in [6, 6.07) is 4.35. The van der Waals surface area contributed by atoms with E-state index in [1.165, 1.54) is 32.2 Å². The summed E-state index contributed by atoms with van der Waals surface area (Å²) in [5.74, 6) is -0.496. The molecule has 1 atom stereocenters. The summed E-state index contributed by atoms with van der Waals surface area (Å²) >= 11 is 0. The first-order valence-corrected chi connectivity index (χ1v) is 5.07. The number of alkyl halides is 2. The Labute approximate surface area is 98.6 Å². The Hall–Kier alpha value is -1.49. The van der Waals surface area contributed by atoms with Gasteiger partial charge in [0.1, 0.15) is 0 Å². The second-order valence-electron chi connectivity index (χ2n) is 4.10. The van der Waals surface area contributed by atoms with E-state index in [0.29, 0.717) is 11.1 Å². The number of methoxy groups -OCH3 is 1. The lowest BCUT2D eigenvalue weighted by atomic mass is 9.91. The van der Waals surface area contributed by atoms with Crippen LogP contribution in [0.5, 0.6) is 0 Å². The molecule has 3 nitrogen and oxygen atoms in total. The maximum absolute atomic E-state index is 12.7. The Morgan fingerprint density at radius 3 is 2.47 bits per heavy atom. The van der Waals surface area contributed by atoms with E-state index in [-0.39, 0.29) is 5.56 Å². The number of halogens is 2. The summed E-state index contributed by atoms with van der Waals surface area (Å²) in [5.41, 5.74) is 5.02. The molecule has 1 aromatic rings. The minimum Gasteiger partial charge on any atom is -0.465 e. The zero-order valence-electron chi connectivity index (χ0n) is 9.96. The molecule has 5 heteroatoms. The Bertz CT molecular complexity index is 431. The highest BCUT2D eigenvalue weighted by molar-refractivity contribution is 5.91. The summed E-state index contributed by atoms with van der Waals surface area (Å²) in [7, 11) is 1.27. The smallest absolute Gasteiger partial charge is 0.338 e. The number of hydrogen-bond acceptors (Lipinski definition) is 3. The predicted octanol–water partition coefficient (Wildman–Crippen LogP) is 2.22. The molecule has 1 aromatic carbocycles. The maximum Gasteiger partial charge on any atom is 0.338 e. The van der Waals surface area contributed by atoms with Gasteiger partial charge in [-0.3, -0.25) is 0 Å². The highest BCUT2D eigenvalue weighted by Crippen LogP contribution is 2.26. The summed E-state index contributed by atoms with van der Waals surface area (Å²) in [6.45, 7) is 2.90. The second-order valence-corrected chi connectivity index (χ2v) is 4.10. The molecule has 0 aliphatic rings. The van der Waals surface area contributed by atoms with Gasteiger partial charge in [-0.25, -0.2) is 13.6 Å². The van der Waals surface area contributed by atoms with Crippen molar-refractivity contribution in [1.29, 1.82) is 0 Å². The second kappa shape index (κ2) is 4.79. The van der Waals surface area contributed by atoms with Crippen molar-refractivity contribution >= 4 is 5.97 Å². The van der Waals surface area contributed by atoms with Gasteiger partial charge < -0.3 is 10.5 Å². The Morgan fingerprint density at radius 2 is 2.06 bits per heavy atom. The van der Waals surface area contributed by atoms with Gasteiger partial charge in [0.05, 0.1) is 18.2 Å². The van der Waals surface area contributed by atoms with E-state index in [0.717, 1.165) is 0 Å². The summed E-state index contributed by atoms with van der Waals surface area (Å²) in [6.07, 6.45) is -2.68. The van der Waals surface area contributed by atoms with E-state index >= 15 is 0 Å². The van der Waals surface area contributed by atoms with Gasteiger partial charge in [-0.2, -0.15) is 0 Å². The predicted molar refractivity (Wildman–Crippen MR) is 60.1 cm³/mol. The van der Waals surface area contributed by atoms with Crippen molar-refractivity contribution in [1.82, 2.24) is 0 Å². The van der Waals surface area contributed by atoms with Gasteiger partial charge in [0.2, 0.25) is 0 Å². The molecule has 94 valence electrons. The fraction of sp³-hybridized carbons (Fsp3) is 0.417. The lowest BCUT2D eigenvalue weighted by Gasteiger charge is -2.24. The molecule has 1 rings (SSSR count). The van der Waals surface area contributed by atoms with Crippen LogP contribution >= 0.6 is 0 Å². The minimum atomic E-state index is -2.68. The lowest BCUT2D eigenvalue weighted by molar-refractivity contribution is 0.0598. The number of rotatable bonds is 3. The molecule has 0 amide bonds. The standard InChI is InChI=1S/C12H15F2NO2/c1-7-6-8(12(2,15)11(13)14)4-5-9(7)10(16)17-3/h4-6,11H,15H2,1-3H3. The van der Waals surface area contributed by atoms with Crippen LogP contribution in [0, 0.1) is 6.92 Å². The quantitative estimate of drug-likeness (QED) is 0.828. The van der Waals surface area contributed by atoms with Gasteiger partial charge in [0.25, 0.3) is 6.43 Å². The van der Waals surface area contributed by atoms with Crippen LogP contribution in [-0.4, -0.2) is 19.5 Å². The first-order chi connectivity index (χ1) is 7.80. The molecule has 0 aliphatic carbocycles. The minimum absolute atomic E-state index is 0.289. The number of benzene rings is 1. The third-order valence-electron chi connectivity index (χ3n) is 2.71. The molecule has 0 saturated heterocycles. The van der Waals surface area contributed by atoms with Gasteiger partial charge >= 0.3 is 5.97 Å². The van der Waals surface area contributed by atoms with E-state index in [1.54, 1.807) is 6.92 Å². The van der Waals surface area contributed by atoms with Crippen molar-refractivity contribution in [3.8, 4) is 0 Å². The van der Waals surface area contributed by atoms with Crippen molar-refractivity contribution in [2.45, 2.75) is 25.8 Å². The first-order valence-electron chi connectivity index (χ1n) is 5.07. The largest absolute Gasteiger partial charge is 0.465 e. The monoisotopic (exact) mass is 243 g/mol.